The van der Waals surface area contributed by atoms with Crippen molar-refractivity contribution in [2.24, 2.45) is 16.9 Å². The Labute approximate surface area is 93.8 Å². The van der Waals surface area contributed by atoms with Crippen LogP contribution in [0.15, 0.2) is 29.6 Å². The van der Waals surface area contributed by atoms with Gasteiger partial charge in [0.1, 0.15) is 5.84 Å². The van der Waals surface area contributed by atoms with E-state index in [9.17, 15) is 0 Å². The first kappa shape index (κ1) is 10.4. The SMILES string of the molecule is Cc1ccnnc1N1C=CC(C)C(=NN)N1. The van der Waals surface area contributed by atoms with Gasteiger partial charge in [-0.25, -0.2) is 5.01 Å². The van der Waals surface area contributed by atoms with Gasteiger partial charge < -0.3 is 5.84 Å². The van der Waals surface area contributed by atoms with Gasteiger partial charge in [-0.2, -0.15) is 10.2 Å². The highest BCUT2D eigenvalue weighted by molar-refractivity contribution is 5.88. The molecule has 0 aliphatic carbocycles. The molecule has 6 nitrogen and oxygen atoms in total. The summed E-state index contributed by atoms with van der Waals surface area (Å²) in [5.41, 5.74) is 4.11. The quantitative estimate of drug-likeness (QED) is 0.531. The molecule has 6 heteroatoms. The normalized spacial score (nSPS) is 22.2. The van der Waals surface area contributed by atoms with Gasteiger partial charge in [-0.15, -0.1) is 5.10 Å². The predicted molar refractivity (Wildman–Crippen MR) is 62.3 cm³/mol. The van der Waals surface area contributed by atoms with Crippen molar-refractivity contribution in [3.05, 3.63) is 30.1 Å². The average molecular weight is 218 g/mol. The van der Waals surface area contributed by atoms with E-state index in [4.69, 9.17) is 5.84 Å². The summed E-state index contributed by atoms with van der Waals surface area (Å²) in [6.07, 6.45) is 5.56. The maximum atomic E-state index is 5.30. The highest BCUT2D eigenvalue weighted by Gasteiger charge is 2.18. The van der Waals surface area contributed by atoms with Crippen molar-refractivity contribution in [2.75, 3.05) is 5.01 Å². The van der Waals surface area contributed by atoms with Crippen LogP contribution < -0.4 is 16.3 Å². The van der Waals surface area contributed by atoms with E-state index in [0.717, 1.165) is 11.4 Å². The van der Waals surface area contributed by atoms with E-state index in [1.807, 2.05) is 32.2 Å². The Morgan fingerprint density at radius 2 is 2.38 bits per heavy atom. The number of hydrazone groups is 1. The summed E-state index contributed by atoms with van der Waals surface area (Å²) in [4.78, 5) is 0. The molecule has 1 aromatic rings. The van der Waals surface area contributed by atoms with Crippen molar-refractivity contribution in [2.45, 2.75) is 13.8 Å². The van der Waals surface area contributed by atoms with Gasteiger partial charge in [-0.1, -0.05) is 13.0 Å². The van der Waals surface area contributed by atoms with Crippen molar-refractivity contribution in [3.63, 3.8) is 0 Å². The molecule has 0 spiro atoms. The monoisotopic (exact) mass is 218 g/mol. The van der Waals surface area contributed by atoms with E-state index in [2.05, 4.69) is 20.7 Å². The Bertz CT molecular complexity index is 439. The molecule has 1 aromatic heterocycles. The number of aromatic nitrogens is 2. The largest absolute Gasteiger partial charge is 0.322 e. The Balaban J connectivity index is 2.31. The molecule has 0 fully saturated rings. The molecule has 1 atom stereocenters. The molecular weight excluding hydrogens is 204 g/mol. The molecule has 0 amide bonds. The predicted octanol–water partition coefficient (Wildman–Crippen LogP) is 0.532. The van der Waals surface area contributed by atoms with E-state index in [0.29, 0.717) is 5.84 Å². The van der Waals surface area contributed by atoms with Gasteiger partial charge in [0.25, 0.3) is 0 Å². The number of rotatable bonds is 1. The minimum atomic E-state index is 0.179. The lowest BCUT2D eigenvalue weighted by atomic mass is 10.1. The fourth-order valence-electron chi connectivity index (χ4n) is 1.46. The molecular formula is C10H14N6. The first-order chi connectivity index (χ1) is 7.72. The number of nitrogens with zero attached hydrogens (tertiary/aromatic N) is 4. The standard InChI is InChI=1S/C10H14N6/c1-7-4-6-16(15-9(7)13-11)10-8(2)3-5-12-14-10/h3-7H,11H2,1-2H3,(H,13,15). The number of hydrogen-bond acceptors (Lipinski definition) is 5. The van der Waals surface area contributed by atoms with Crippen molar-refractivity contribution >= 4 is 11.7 Å². The fraction of sp³-hybridized carbons (Fsp3) is 0.300. The van der Waals surface area contributed by atoms with Crippen LogP contribution in [0.5, 0.6) is 0 Å². The average Bonchev–Trinajstić information content (AvgIpc) is 2.31. The molecule has 3 N–H and O–H groups in total. The maximum absolute atomic E-state index is 5.30. The maximum Gasteiger partial charge on any atom is 0.176 e. The van der Waals surface area contributed by atoms with E-state index in [-0.39, 0.29) is 5.92 Å². The zero-order valence-electron chi connectivity index (χ0n) is 9.25. The van der Waals surface area contributed by atoms with Crippen LogP contribution in [0.4, 0.5) is 5.82 Å². The molecule has 0 radical (unpaired) electrons. The Hall–Kier alpha value is -2.11. The Morgan fingerprint density at radius 1 is 1.56 bits per heavy atom. The minimum Gasteiger partial charge on any atom is -0.322 e. The summed E-state index contributed by atoms with van der Waals surface area (Å²) in [6.45, 7) is 3.98. The molecule has 0 saturated heterocycles. The second-order valence-electron chi connectivity index (χ2n) is 3.66. The third-order valence-electron chi connectivity index (χ3n) is 2.45. The summed E-state index contributed by atoms with van der Waals surface area (Å²) < 4.78 is 0. The van der Waals surface area contributed by atoms with Crippen LogP contribution in [0.25, 0.3) is 0 Å². The Morgan fingerprint density at radius 3 is 3.06 bits per heavy atom. The molecule has 0 bridgehead atoms. The fourth-order valence-corrected chi connectivity index (χ4v) is 1.46. The molecule has 84 valence electrons. The first-order valence-electron chi connectivity index (χ1n) is 5.02. The van der Waals surface area contributed by atoms with Gasteiger partial charge in [0.05, 0.1) is 6.20 Å². The zero-order chi connectivity index (χ0) is 11.5. The molecule has 2 heterocycles. The number of aryl methyl sites for hydroxylation is 1. The van der Waals surface area contributed by atoms with Crippen molar-refractivity contribution in [3.8, 4) is 0 Å². The van der Waals surface area contributed by atoms with Crippen LogP contribution in [-0.4, -0.2) is 16.0 Å². The van der Waals surface area contributed by atoms with Gasteiger partial charge in [0, 0.05) is 12.1 Å². The van der Waals surface area contributed by atoms with Crippen LogP contribution in [0, 0.1) is 12.8 Å². The lowest BCUT2D eigenvalue weighted by Gasteiger charge is -2.28. The number of nitrogens with one attached hydrogen (secondary N) is 1. The Kier molecular flexibility index (Phi) is 2.72. The number of anilines is 1. The van der Waals surface area contributed by atoms with Crippen LogP contribution in [0.2, 0.25) is 0 Å². The highest BCUT2D eigenvalue weighted by Crippen LogP contribution is 2.17. The molecule has 1 unspecified atom stereocenters. The summed E-state index contributed by atoms with van der Waals surface area (Å²) in [5, 5.41) is 13.4. The van der Waals surface area contributed by atoms with Gasteiger partial charge in [0.2, 0.25) is 0 Å². The number of hydrogen-bond donors (Lipinski definition) is 2. The summed E-state index contributed by atoms with van der Waals surface area (Å²) in [6, 6.07) is 1.90. The minimum absolute atomic E-state index is 0.179. The highest BCUT2D eigenvalue weighted by atomic mass is 15.6. The van der Waals surface area contributed by atoms with Crippen LogP contribution in [-0.2, 0) is 0 Å². The van der Waals surface area contributed by atoms with E-state index < -0.39 is 0 Å². The second-order valence-corrected chi connectivity index (χ2v) is 3.66. The van der Waals surface area contributed by atoms with Gasteiger partial charge in [-0.05, 0) is 18.6 Å². The molecule has 1 aliphatic rings. The third-order valence-corrected chi connectivity index (χ3v) is 2.45. The lowest BCUT2D eigenvalue weighted by Crippen LogP contribution is -2.45. The topological polar surface area (TPSA) is 79.4 Å². The third kappa shape index (κ3) is 1.81. The molecule has 2 rings (SSSR count). The van der Waals surface area contributed by atoms with Crippen LogP contribution in [0.3, 0.4) is 0 Å². The lowest BCUT2D eigenvalue weighted by molar-refractivity contribution is 0.769. The van der Waals surface area contributed by atoms with E-state index >= 15 is 0 Å². The van der Waals surface area contributed by atoms with Gasteiger partial charge in [-0.3, -0.25) is 5.43 Å². The molecule has 16 heavy (non-hydrogen) atoms. The van der Waals surface area contributed by atoms with Gasteiger partial charge in [0.15, 0.2) is 5.82 Å². The van der Waals surface area contributed by atoms with Gasteiger partial charge >= 0.3 is 0 Å². The van der Waals surface area contributed by atoms with Crippen molar-refractivity contribution in [1.29, 1.82) is 0 Å². The summed E-state index contributed by atoms with van der Waals surface area (Å²) >= 11 is 0. The molecule has 1 aliphatic heterocycles. The van der Waals surface area contributed by atoms with Crippen LogP contribution in [0.1, 0.15) is 12.5 Å². The smallest absolute Gasteiger partial charge is 0.176 e. The second kappa shape index (κ2) is 4.18. The van der Waals surface area contributed by atoms with Crippen molar-refractivity contribution < 1.29 is 0 Å². The molecule has 0 aromatic carbocycles. The van der Waals surface area contributed by atoms with Crippen molar-refractivity contribution in [1.82, 2.24) is 15.6 Å². The number of hydrazine groups is 1. The number of nitrogens with two attached hydrogens (primary N) is 1. The summed E-state index contributed by atoms with van der Waals surface area (Å²) in [5.74, 6) is 6.92. The van der Waals surface area contributed by atoms with Crippen LogP contribution >= 0.6 is 0 Å². The molecule has 0 saturated carbocycles. The first-order valence-corrected chi connectivity index (χ1v) is 5.02. The van der Waals surface area contributed by atoms with E-state index in [1.165, 1.54) is 0 Å². The summed E-state index contributed by atoms with van der Waals surface area (Å²) in [7, 11) is 0. The zero-order valence-corrected chi connectivity index (χ0v) is 9.25. The van der Waals surface area contributed by atoms with E-state index in [1.54, 1.807) is 11.2 Å². The number of amidine groups is 1.